The van der Waals surface area contributed by atoms with Crippen LogP contribution in [0.3, 0.4) is 0 Å². The molecule has 0 aromatic heterocycles. The number of benzene rings is 1. The summed E-state index contributed by atoms with van der Waals surface area (Å²) in [5.41, 5.74) is 0. The Balaban J connectivity index is 2.13. The van der Waals surface area contributed by atoms with Crippen LogP contribution in [0.25, 0.3) is 0 Å². The molecule has 0 atom stereocenters. The quantitative estimate of drug-likeness (QED) is 0.892. The average molecular weight is 365 g/mol. The molecular weight excluding hydrogens is 347 g/mol. The first-order valence-corrected chi connectivity index (χ1v) is 9.28. The van der Waals surface area contributed by atoms with Gasteiger partial charge in [-0.2, -0.15) is 4.31 Å². The van der Waals surface area contributed by atoms with Crippen molar-refractivity contribution in [2.24, 2.45) is 5.92 Å². The third kappa shape index (κ3) is 3.74. The molecule has 1 aromatic carbocycles. The van der Waals surface area contributed by atoms with Crippen molar-refractivity contribution in [3.8, 4) is 0 Å². The van der Waals surface area contributed by atoms with Gasteiger partial charge in [-0.15, -0.1) is 0 Å². The number of carbonyl (C=O) groups excluding carboxylic acids is 1. The van der Waals surface area contributed by atoms with Gasteiger partial charge in [0.25, 0.3) is 0 Å². The molecule has 0 spiro atoms. The summed E-state index contributed by atoms with van der Waals surface area (Å²) in [5, 5.41) is 3.24. The number of halogens is 2. The Kier molecular flexibility index (Phi) is 5.71. The predicted molar refractivity (Wildman–Crippen MR) is 86.6 cm³/mol. The van der Waals surface area contributed by atoms with Crippen molar-refractivity contribution in [2.75, 3.05) is 19.6 Å². The Morgan fingerprint density at radius 1 is 1.32 bits per heavy atom. The molecule has 0 aliphatic carbocycles. The number of carbonyl (C=O) groups is 1. The largest absolute Gasteiger partial charge is 0.356 e. The maximum atomic E-state index is 12.6. The highest BCUT2D eigenvalue weighted by Gasteiger charge is 2.33. The summed E-state index contributed by atoms with van der Waals surface area (Å²) in [6.45, 7) is 3.04. The second-order valence-electron chi connectivity index (χ2n) is 5.15. The third-order valence-electron chi connectivity index (χ3n) is 3.69. The van der Waals surface area contributed by atoms with Crippen molar-refractivity contribution in [3.05, 3.63) is 28.2 Å². The fourth-order valence-corrected chi connectivity index (χ4v) is 4.70. The van der Waals surface area contributed by atoms with Crippen LogP contribution in [0.1, 0.15) is 19.8 Å². The van der Waals surface area contributed by atoms with Gasteiger partial charge in [0, 0.05) is 30.6 Å². The van der Waals surface area contributed by atoms with E-state index < -0.39 is 10.0 Å². The van der Waals surface area contributed by atoms with Crippen LogP contribution in [-0.4, -0.2) is 38.3 Å². The smallest absolute Gasteiger partial charge is 0.244 e. The summed E-state index contributed by atoms with van der Waals surface area (Å²) in [6.07, 6.45) is 1.01. The molecule has 0 unspecified atom stereocenters. The van der Waals surface area contributed by atoms with Gasteiger partial charge in [-0.25, -0.2) is 8.42 Å². The molecule has 2 rings (SSSR count). The van der Waals surface area contributed by atoms with Crippen molar-refractivity contribution in [2.45, 2.75) is 24.7 Å². The SMILES string of the molecule is CCNC(=O)C1CCN(S(=O)(=O)c2cc(Cl)ccc2Cl)CC1. The normalized spacial score (nSPS) is 17.4. The van der Waals surface area contributed by atoms with Crippen molar-refractivity contribution < 1.29 is 13.2 Å². The standard InChI is InChI=1S/C14H18Cl2N2O3S/c1-2-17-14(19)10-5-7-18(8-6-10)22(20,21)13-9-11(15)3-4-12(13)16/h3-4,9-10H,2,5-8H2,1H3,(H,17,19). The summed E-state index contributed by atoms with van der Waals surface area (Å²) in [6, 6.07) is 4.37. The van der Waals surface area contributed by atoms with Crippen LogP contribution in [0.2, 0.25) is 10.0 Å². The number of hydrogen-bond donors (Lipinski definition) is 1. The molecule has 1 fully saturated rings. The number of hydrogen-bond acceptors (Lipinski definition) is 3. The van der Waals surface area contributed by atoms with Gasteiger partial charge in [0.1, 0.15) is 4.90 Å². The lowest BCUT2D eigenvalue weighted by molar-refractivity contribution is -0.126. The molecule has 1 amide bonds. The average Bonchev–Trinajstić information content (AvgIpc) is 2.50. The lowest BCUT2D eigenvalue weighted by Crippen LogP contribution is -2.43. The number of nitrogens with zero attached hydrogens (tertiary/aromatic N) is 1. The van der Waals surface area contributed by atoms with Gasteiger partial charge >= 0.3 is 0 Å². The molecule has 0 saturated carbocycles. The summed E-state index contributed by atoms with van der Waals surface area (Å²) in [4.78, 5) is 11.8. The molecule has 1 aromatic rings. The van der Waals surface area contributed by atoms with E-state index in [2.05, 4.69) is 5.32 Å². The van der Waals surface area contributed by atoms with Crippen LogP contribution >= 0.6 is 23.2 Å². The highest BCUT2D eigenvalue weighted by Crippen LogP contribution is 2.30. The first-order valence-electron chi connectivity index (χ1n) is 7.09. The Hall–Kier alpha value is -0.820. The Bertz CT molecular complexity index is 656. The van der Waals surface area contributed by atoms with E-state index in [0.29, 0.717) is 37.5 Å². The molecule has 22 heavy (non-hydrogen) atoms. The molecule has 1 heterocycles. The van der Waals surface area contributed by atoms with Gasteiger partial charge in [0.15, 0.2) is 0 Å². The number of sulfonamides is 1. The zero-order valence-electron chi connectivity index (χ0n) is 12.2. The van der Waals surface area contributed by atoms with E-state index >= 15 is 0 Å². The van der Waals surface area contributed by atoms with Gasteiger partial charge in [-0.05, 0) is 38.0 Å². The maximum absolute atomic E-state index is 12.6. The molecule has 122 valence electrons. The van der Waals surface area contributed by atoms with Crippen LogP contribution in [0, 0.1) is 5.92 Å². The van der Waals surface area contributed by atoms with Crippen LogP contribution in [0.4, 0.5) is 0 Å². The fraction of sp³-hybridized carbons (Fsp3) is 0.500. The third-order valence-corrected chi connectivity index (χ3v) is 6.30. The highest BCUT2D eigenvalue weighted by molar-refractivity contribution is 7.89. The van der Waals surface area contributed by atoms with Crippen molar-refractivity contribution in [1.29, 1.82) is 0 Å². The number of amides is 1. The van der Waals surface area contributed by atoms with Crippen molar-refractivity contribution in [3.63, 3.8) is 0 Å². The highest BCUT2D eigenvalue weighted by atomic mass is 35.5. The van der Waals surface area contributed by atoms with Crippen molar-refractivity contribution in [1.82, 2.24) is 9.62 Å². The summed E-state index contributed by atoms with van der Waals surface area (Å²) >= 11 is 11.9. The van der Waals surface area contributed by atoms with E-state index in [9.17, 15) is 13.2 Å². The van der Waals surface area contributed by atoms with E-state index in [1.807, 2.05) is 6.92 Å². The van der Waals surface area contributed by atoms with E-state index in [0.717, 1.165) is 0 Å². The molecule has 1 saturated heterocycles. The van der Waals surface area contributed by atoms with E-state index in [-0.39, 0.29) is 21.7 Å². The van der Waals surface area contributed by atoms with Crippen LogP contribution < -0.4 is 5.32 Å². The zero-order valence-corrected chi connectivity index (χ0v) is 14.5. The number of rotatable bonds is 4. The molecule has 1 N–H and O–H groups in total. The Labute approximate surface area is 140 Å². The predicted octanol–water partition coefficient (Wildman–Crippen LogP) is 2.53. The molecule has 1 aliphatic rings. The first kappa shape index (κ1) is 17.5. The lowest BCUT2D eigenvalue weighted by Gasteiger charge is -2.30. The first-order chi connectivity index (χ1) is 10.4. The summed E-state index contributed by atoms with van der Waals surface area (Å²) in [7, 11) is -3.69. The van der Waals surface area contributed by atoms with E-state index in [4.69, 9.17) is 23.2 Å². The number of piperidine rings is 1. The van der Waals surface area contributed by atoms with Crippen molar-refractivity contribution >= 4 is 39.1 Å². The fourth-order valence-electron chi connectivity index (χ4n) is 2.49. The summed E-state index contributed by atoms with van der Waals surface area (Å²) in [5.74, 6) is -0.151. The second-order valence-corrected chi connectivity index (χ2v) is 7.90. The second kappa shape index (κ2) is 7.17. The molecule has 1 aliphatic heterocycles. The maximum Gasteiger partial charge on any atom is 0.244 e. The Morgan fingerprint density at radius 3 is 2.55 bits per heavy atom. The Morgan fingerprint density at radius 2 is 1.95 bits per heavy atom. The lowest BCUT2D eigenvalue weighted by atomic mass is 9.97. The molecule has 0 bridgehead atoms. The number of nitrogens with one attached hydrogen (secondary N) is 1. The van der Waals surface area contributed by atoms with E-state index in [1.54, 1.807) is 6.07 Å². The van der Waals surface area contributed by atoms with Gasteiger partial charge in [0.2, 0.25) is 15.9 Å². The minimum atomic E-state index is -3.69. The van der Waals surface area contributed by atoms with E-state index in [1.165, 1.54) is 16.4 Å². The minimum absolute atomic E-state index is 0.0122. The zero-order chi connectivity index (χ0) is 16.3. The van der Waals surface area contributed by atoms with Gasteiger partial charge in [-0.3, -0.25) is 4.79 Å². The monoisotopic (exact) mass is 364 g/mol. The van der Waals surface area contributed by atoms with Crippen LogP contribution in [-0.2, 0) is 14.8 Å². The minimum Gasteiger partial charge on any atom is -0.356 e. The summed E-state index contributed by atoms with van der Waals surface area (Å²) < 4.78 is 26.7. The molecule has 0 radical (unpaired) electrons. The van der Waals surface area contributed by atoms with Gasteiger partial charge in [0.05, 0.1) is 5.02 Å². The molecular formula is C14H18Cl2N2O3S. The molecule has 8 heteroatoms. The van der Waals surface area contributed by atoms with Gasteiger partial charge in [-0.1, -0.05) is 23.2 Å². The topological polar surface area (TPSA) is 66.5 Å². The van der Waals surface area contributed by atoms with Crippen LogP contribution in [0.5, 0.6) is 0 Å². The van der Waals surface area contributed by atoms with Crippen LogP contribution in [0.15, 0.2) is 23.1 Å². The molecule has 5 nitrogen and oxygen atoms in total. The van der Waals surface area contributed by atoms with Gasteiger partial charge < -0.3 is 5.32 Å².